The molecule has 1 saturated carbocycles. The second kappa shape index (κ2) is 4.99. The van der Waals surface area contributed by atoms with Gasteiger partial charge in [0.25, 0.3) is 0 Å². The van der Waals surface area contributed by atoms with Crippen LogP contribution in [0.2, 0.25) is 0 Å². The topological polar surface area (TPSA) is 92.5 Å². The van der Waals surface area contributed by atoms with Crippen LogP contribution in [0.25, 0.3) is 0 Å². The lowest BCUT2D eigenvalue weighted by Crippen LogP contribution is -2.41. The molecule has 2 rings (SSSR count). The summed E-state index contributed by atoms with van der Waals surface area (Å²) in [6.07, 6.45) is 4.44. The second-order valence-corrected chi connectivity index (χ2v) is 4.18. The Bertz CT molecular complexity index is 521. The molecule has 0 saturated heterocycles. The lowest BCUT2D eigenvalue weighted by molar-refractivity contribution is -0.145. The van der Waals surface area contributed by atoms with Crippen LogP contribution in [0.4, 0.5) is 0 Å². The minimum atomic E-state index is -1.05. The SMILES string of the molecule is O=C(O)CN(C(=O)Cn1cccnc1=O)C1CC1. The lowest BCUT2D eigenvalue weighted by atomic mass is 10.4. The average molecular weight is 251 g/mol. The highest BCUT2D eigenvalue weighted by molar-refractivity contribution is 5.81. The summed E-state index contributed by atoms with van der Waals surface area (Å²) in [7, 11) is 0. The third-order valence-corrected chi connectivity index (χ3v) is 2.70. The fourth-order valence-electron chi connectivity index (χ4n) is 1.70. The first-order valence-corrected chi connectivity index (χ1v) is 5.60. The van der Waals surface area contributed by atoms with Crippen molar-refractivity contribution in [2.24, 2.45) is 0 Å². The fraction of sp³-hybridized carbons (Fsp3) is 0.455. The van der Waals surface area contributed by atoms with E-state index in [9.17, 15) is 14.4 Å². The van der Waals surface area contributed by atoms with E-state index < -0.39 is 11.7 Å². The number of carbonyl (C=O) groups is 2. The minimum absolute atomic E-state index is 0.000901. The Hall–Kier alpha value is -2.18. The Labute approximate surface area is 103 Å². The van der Waals surface area contributed by atoms with E-state index in [2.05, 4.69) is 4.98 Å². The predicted molar refractivity (Wildman–Crippen MR) is 60.9 cm³/mol. The smallest absolute Gasteiger partial charge is 0.347 e. The Balaban J connectivity index is 2.08. The van der Waals surface area contributed by atoms with Gasteiger partial charge in [0, 0.05) is 18.4 Å². The Kier molecular flexibility index (Phi) is 3.40. The number of carbonyl (C=O) groups excluding carboxylic acids is 1. The molecule has 0 aliphatic heterocycles. The maximum atomic E-state index is 12.0. The van der Waals surface area contributed by atoms with E-state index >= 15 is 0 Å². The van der Waals surface area contributed by atoms with Crippen LogP contribution < -0.4 is 5.69 Å². The third kappa shape index (κ3) is 2.93. The van der Waals surface area contributed by atoms with Crippen molar-refractivity contribution in [3.63, 3.8) is 0 Å². The fourth-order valence-corrected chi connectivity index (χ4v) is 1.70. The quantitative estimate of drug-likeness (QED) is 0.748. The summed E-state index contributed by atoms with van der Waals surface area (Å²) in [4.78, 5) is 38.8. The summed E-state index contributed by atoms with van der Waals surface area (Å²) in [6, 6.07) is 1.55. The molecule has 0 unspecified atom stereocenters. The monoisotopic (exact) mass is 251 g/mol. The van der Waals surface area contributed by atoms with Gasteiger partial charge in [0.2, 0.25) is 5.91 Å². The Morgan fingerprint density at radius 3 is 2.78 bits per heavy atom. The van der Waals surface area contributed by atoms with Crippen LogP contribution >= 0.6 is 0 Å². The molecule has 0 spiro atoms. The number of amides is 1. The number of rotatable bonds is 5. The van der Waals surface area contributed by atoms with E-state index in [4.69, 9.17) is 5.11 Å². The van der Waals surface area contributed by atoms with E-state index in [0.29, 0.717) is 0 Å². The summed E-state index contributed by atoms with van der Waals surface area (Å²) in [5.74, 6) is -1.41. The van der Waals surface area contributed by atoms with Crippen LogP contribution in [0.5, 0.6) is 0 Å². The van der Waals surface area contributed by atoms with Crippen molar-refractivity contribution < 1.29 is 14.7 Å². The van der Waals surface area contributed by atoms with Crippen molar-refractivity contribution in [2.45, 2.75) is 25.4 Å². The molecule has 18 heavy (non-hydrogen) atoms. The molecule has 1 heterocycles. The van der Waals surface area contributed by atoms with Gasteiger partial charge in [0.05, 0.1) is 0 Å². The van der Waals surface area contributed by atoms with Gasteiger partial charge in [-0.1, -0.05) is 0 Å². The average Bonchev–Trinajstić information content (AvgIpc) is 3.12. The largest absolute Gasteiger partial charge is 0.480 e. The molecule has 96 valence electrons. The van der Waals surface area contributed by atoms with Gasteiger partial charge >= 0.3 is 11.7 Å². The first kappa shape index (κ1) is 12.3. The number of carboxylic acids is 1. The normalized spacial score (nSPS) is 14.2. The van der Waals surface area contributed by atoms with Gasteiger partial charge in [0.1, 0.15) is 13.1 Å². The first-order valence-electron chi connectivity index (χ1n) is 5.60. The number of carboxylic acid groups (broad SMARTS) is 1. The molecule has 7 heteroatoms. The Morgan fingerprint density at radius 2 is 2.22 bits per heavy atom. The number of aliphatic carboxylic acids is 1. The predicted octanol–water partition coefficient (Wildman–Crippen LogP) is -0.681. The number of aromatic nitrogens is 2. The first-order chi connectivity index (χ1) is 8.58. The van der Waals surface area contributed by atoms with Crippen molar-refractivity contribution in [1.29, 1.82) is 0 Å². The van der Waals surface area contributed by atoms with Crippen LogP contribution in [0.1, 0.15) is 12.8 Å². The zero-order valence-corrected chi connectivity index (χ0v) is 9.65. The van der Waals surface area contributed by atoms with Gasteiger partial charge in [-0.15, -0.1) is 0 Å². The molecule has 1 aromatic heterocycles. The zero-order chi connectivity index (χ0) is 13.1. The molecule has 1 aliphatic rings. The number of hydrogen-bond acceptors (Lipinski definition) is 4. The molecule has 0 bridgehead atoms. The molecule has 1 aromatic rings. The molecular formula is C11H13N3O4. The minimum Gasteiger partial charge on any atom is -0.480 e. The standard InChI is InChI=1S/C11H13N3O4/c15-9(6-13-5-1-4-12-11(13)18)14(7-10(16)17)8-2-3-8/h1,4-5,8H,2-3,6-7H2,(H,16,17). The van der Waals surface area contributed by atoms with E-state index in [1.54, 1.807) is 6.07 Å². The number of hydrogen-bond donors (Lipinski definition) is 1. The van der Waals surface area contributed by atoms with E-state index in [0.717, 1.165) is 12.8 Å². The Morgan fingerprint density at radius 1 is 1.50 bits per heavy atom. The molecule has 7 nitrogen and oxygen atoms in total. The highest BCUT2D eigenvalue weighted by atomic mass is 16.4. The van der Waals surface area contributed by atoms with Crippen LogP contribution in [-0.2, 0) is 16.1 Å². The van der Waals surface area contributed by atoms with E-state index in [1.165, 1.54) is 21.9 Å². The highest BCUT2D eigenvalue weighted by Gasteiger charge is 2.33. The summed E-state index contributed by atoms with van der Waals surface area (Å²) in [6.45, 7) is -0.491. The van der Waals surface area contributed by atoms with Gasteiger partial charge in [-0.2, -0.15) is 0 Å². The van der Waals surface area contributed by atoms with Gasteiger partial charge in [-0.3, -0.25) is 14.2 Å². The maximum absolute atomic E-state index is 12.0. The number of nitrogens with zero attached hydrogens (tertiary/aromatic N) is 3. The third-order valence-electron chi connectivity index (χ3n) is 2.70. The highest BCUT2D eigenvalue weighted by Crippen LogP contribution is 2.26. The van der Waals surface area contributed by atoms with Gasteiger partial charge in [-0.25, -0.2) is 9.78 Å². The van der Waals surface area contributed by atoms with Gasteiger partial charge < -0.3 is 10.0 Å². The molecule has 1 amide bonds. The van der Waals surface area contributed by atoms with Crippen LogP contribution in [0, 0.1) is 0 Å². The molecule has 1 N–H and O–H groups in total. The van der Waals surface area contributed by atoms with Crippen LogP contribution in [0.15, 0.2) is 23.3 Å². The summed E-state index contributed by atoms with van der Waals surface area (Å²) in [5.41, 5.74) is -0.517. The van der Waals surface area contributed by atoms with Crippen LogP contribution in [0.3, 0.4) is 0 Å². The maximum Gasteiger partial charge on any atom is 0.347 e. The van der Waals surface area contributed by atoms with Crippen molar-refractivity contribution in [3.8, 4) is 0 Å². The summed E-state index contributed by atoms with van der Waals surface area (Å²) < 4.78 is 1.17. The molecule has 1 aliphatic carbocycles. The molecule has 0 aromatic carbocycles. The van der Waals surface area contributed by atoms with E-state index in [1.807, 2.05) is 0 Å². The van der Waals surface area contributed by atoms with Crippen molar-refractivity contribution >= 4 is 11.9 Å². The summed E-state index contributed by atoms with van der Waals surface area (Å²) >= 11 is 0. The van der Waals surface area contributed by atoms with Gasteiger partial charge in [0.15, 0.2) is 0 Å². The van der Waals surface area contributed by atoms with Crippen molar-refractivity contribution in [1.82, 2.24) is 14.5 Å². The zero-order valence-electron chi connectivity index (χ0n) is 9.65. The summed E-state index contributed by atoms with van der Waals surface area (Å²) in [5, 5.41) is 8.76. The van der Waals surface area contributed by atoms with Crippen molar-refractivity contribution in [3.05, 3.63) is 28.9 Å². The van der Waals surface area contributed by atoms with Gasteiger partial charge in [-0.05, 0) is 18.9 Å². The molecule has 0 radical (unpaired) electrons. The van der Waals surface area contributed by atoms with E-state index in [-0.39, 0.29) is 25.0 Å². The molecular weight excluding hydrogens is 238 g/mol. The van der Waals surface area contributed by atoms with Crippen LogP contribution in [-0.4, -0.2) is 44.0 Å². The second-order valence-electron chi connectivity index (χ2n) is 4.18. The molecule has 0 atom stereocenters. The van der Waals surface area contributed by atoms with Crippen molar-refractivity contribution in [2.75, 3.05) is 6.54 Å². The molecule has 1 fully saturated rings. The lowest BCUT2D eigenvalue weighted by Gasteiger charge is -2.20.